The number of carbonyl (C=O) groups excluding carboxylic acids is 2. The van der Waals surface area contributed by atoms with Gasteiger partial charge in [0.25, 0.3) is 0 Å². The number of rotatable bonds is 2. The van der Waals surface area contributed by atoms with Crippen LogP contribution in [-0.4, -0.2) is 28.1 Å². The van der Waals surface area contributed by atoms with Crippen molar-refractivity contribution in [3.05, 3.63) is 12.2 Å². The van der Waals surface area contributed by atoms with Gasteiger partial charge in [-0.15, -0.1) is 0 Å². The minimum atomic E-state index is -0.796. The summed E-state index contributed by atoms with van der Waals surface area (Å²) < 4.78 is 9.72. The van der Waals surface area contributed by atoms with Crippen LogP contribution in [0, 0.1) is 0 Å². The lowest BCUT2D eigenvalue weighted by atomic mass is 10.2. The summed E-state index contributed by atoms with van der Waals surface area (Å²) in [6.07, 6.45) is -1.01. The Kier molecular flexibility index (Phi) is 3.52. The first-order valence-electron chi connectivity index (χ1n) is 4.14. The number of hydrogen-bond donors (Lipinski definition) is 0. The second-order valence-electron chi connectivity index (χ2n) is 3.19. The Morgan fingerprint density at radius 1 is 1.64 bits per heavy atom. The van der Waals surface area contributed by atoms with E-state index in [9.17, 15) is 9.59 Å². The van der Waals surface area contributed by atoms with Crippen LogP contribution in [0.3, 0.4) is 0 Å². The molecule has 0 bridgehead atoms. The number of ether oxygens (including phenoxy) is 2. The van der Waals surface area contributed by atoms with Gasteiger partial charge in [-0.25, -0.2) is 9.59 Å². The fourth-order valence-corrected chi connectivity index (χ4v) is 1.61. The fraction of sp³-hybridized carbons (Fsp3) is 0.556. The molecule has 5 heteroatoms. The average Bonchev–Trinajstić information content (AvgIpc) is 2.32. The predicted molar refractivity (Wildman–Crippen MR) is 58.1 cm³/mol. The van der Waals surface area contributed by atoms with Crippen molar-refractivity contribution in [1.29, 1.82) is 0 Å². The summed E-state index contributed by atoms with van der Waals surface area (Å²) in [7, 11) is 0. The zero-order chi connectivity index (χ0) is 10.9. The first-order valence-corrected chi connectivity index (χ1v) is 5.39. The third kappa shape index (κ3) is 2.26. The maximum atomic E-state index is 11.2. The van der Waals surface area contributed by atoms with Crippen LogP contribution in [0.5, 0.6) is 0 Å². The standard InChI is InChI=1S/C9H11IO4/c1-4(2)8(11)14-7-6(10)5(3)13-9(7)12/h5-7H,1H2,2-3H3. The van der Waals surface area contributed by atoms with E-state index in [0.29, 0.717) is 0 Å². The van der Waals surface area contributed by atoms with E-state index in [1.54, 1.807) is 6.92 Å². The normalized spacial score (nSPS) is 31.1. The van der Waals surface area contributed by atoms with Gasteiger partial charge in [-0.2, -0.15) is 0 Å². The molecule has 0 spiro atoms. The third-order valence-electron chi connectivity index (χ3n) is 1.85. The summed E-state index contributed by atoms with van der Waals surface area (Å²) in [5, 5.41) is 0. The zero-order valence-electron chi connectivity index (χ0n) is 7.95. The van der Waals surface area contributed by atoms with Gasteiger partial charge in [0.2, 0.25) is 6.10 Å². The second-order valence-corrected chi connectivity index (χ2v) is 4.63. The molecule has 1 aliphatic heterocycles. The third-order valence-corrected chi connectivity index (χ3v) is 3.52. The first-order chi connectivity index (χ1) is 6.43. The van der Waals surface area contributed by atoms with Crippen LogP contribution in [0.4, 0.5) is 0 Å². The molecule has 3 atom stereocenters. The molecular weight excluding hydrogens is 299 g/mol. The molecule has 0 aromatic heterocycles. The topological polar surface area (TPSA) is 52.6 Å². The maximum Gasteiger partial charge on any atom is 0.349 e. The van der Waals surface area contributed by atoms with Crippen molar-refractivity contribution in [2.24, 2.45) is 0 Å². The van der Waals surface area contributed by atoms with E-state index < -0.39 is 18.0 Å². The second kappa shape index (κ2) is 4.29. The molecule has 0 radical (unpaired) electrons. The number of cyclic esters (lactones) is 1. The summed E-state index contributed by atoms with van der Waals surface area (Å²) in [6.45, 7) is 6.74. The molecule has 1 heterocycles. The monoisotopic (exact) mass is 310 g/mol. The summed E-state index contributed by atoms with van der Waals surface area (Å²) in [5.74, 6) is -1.03. The van der Waals surface area contributed by atoms with Crippen molar-refractivity contribution >= 4 is 34.5 Å². The maximum absolute atomic E-state index is 11.2. The van der Waals surface area contributed by atoms with Gasteiger partial charge in [-0.3, -0.25) is 0 Å². The summed E-state index contributed by atoms with van der Waals surface area (Å²) in [5.41, 5.74) is 0.279. The molecule has 0 N–H and O–H groups in total. The van der Waals surface area contributed by atoms with Crippen LogP contribution in [0.15, 0.2) is 12.2 Å². The Bertz CT molecular complexity index is 287. The van der Waals surface area contributed by atoms with Gasteiger partial charge >= 0.3 is 11.9 Å². The SMILES string of the molecule is C=C(C)C(=O)OC1C(=O)OC(C)C1I. The molecule has 1 rings (SSSR count). The van der Waals surface area contributed by atoms with Crippen LogP contribution >= 0.6 is 22.6 Å². The van der Waals surface area contributed by atoms with Crippen molar-refractivity contribution in [2.75, 3.05) is 0 Å². The molecule has 0 aromatic rings. The highest BCUT2D eigenvalue weighted by Gasteiger charge is 2.43. The van der Waals surface area contributed by atoms with Gasteiger partial charge in [0.1, 0.15) is 6.10 Å². The van der Waals surface area contributed by atoms with Gasteiger partial charge in [0.15, 0.2) is 0 Å². The van der Waals surface area contributed by atoms with Crippen LogP contribution in [0.2, 0.25) is 0 Å². The van der Waals surface area contributed by atoms with Gasteiger partial charge < -0.3 is 9.47 Å². The average molecular weight is 310 g/mol. The molecule has 1 saturated heterocycles. The van der Waals surface area contributed by atoms with Crippen LogP contribution < -0.4 is 0 Å². The number of carbonyl (C=O) groups is 2. The van der Waals surface area contributed by atoms with E-state index in [1.807, 2.05) is 22.6 Å². The van der Waals surface area contributed by atoms with Crippen molar-refractivity contribution in [3.8, 4) is 0 Å². The molecule has 4 nitrogen and oxygen atoms in total. The van der Waals surface area contributed by atoms with Crippen LogP contribution in [0.1, 0.15) is 13.8 Å². The van der Waals surface area contributed by atoms with E-state index in [-0.39, 0.29) is 15.6 Å². The Morgan fingerprint density at radius 3 is 2.57 bits per heavy atom. The van der Waals surface area contributed by atoms with E-state index in [0.717, 1.165) is 0 Å². The Balaban J connectivity index is 2.65. The number of esters is 2. The van der Waals surface area contributed by atoms with E-state index in [2.05, 4.69) is 6.58 Å². The van der Waals surface area contributed by atoms with Crippen molar-refractivity contribution in [3.63, 3.8) is 0 Å². The van der Waals surface area contributed by atoms with E-state index >= 15 is 0 Å². The molecule has 3 unspecified atom stereocenters. The Labute approximate surface area is 95.8 Å². The summed E-state index contributed by atoms with van der Waals surface area (Å²) in [4.78, 5) is 22.4. The fourth-order valence-electron chi connectivity index (χ4n) is 1.02. The largest absolute Gasteiger partial charge is 0.459 e. The molecule has 0 saturated carbocycles. The molecule has 14 heavy (non-hydrogen) atoms. The van der Waals surface area contributed by atoms with Gasteiger partial charge in [0.05, 0.1) is 3.92 Å². The van der Waals surface area contributed by atoms with Crippen LogP contribution in [-0.2, 0) is 19.1 Å². The van der Waals surface area contributed by atoms with Crippen molar-refractivity contribution < 1.29 is 19.1 Å². The Morgan fingerprint density at radius 2 is 2.21 bits per heavy atom. The van der Waals surface area contributed by atoms with E-state index in [1.165, 1.54) is 6.92 Å². The first kappa shape index (κ1) is 11.5. The highest BCUT2D eigenvalue weighted by atomic mass is 127. The molecule has 0 aromatic carbocycles. The zero-order valence-corrected chi connectivity index (χ0v) is 10.1. The molecule has 1 aliphatic rings. The smallest absolute Gasteiger partial charge is 0.349 e. The summed E-state index contributed by atoms with van der Waals surface area (Å²) >= 11 is 2.04. The lowest BCUT2D eigenvalue weighted by Gasteiger charge is -2.12. The van der Waals surface area contributed by atoms with Gasteiger partial charge in [-0.05, 0) is 13.8 Å². The number of halogens is 1. The Hall–Kier alpha value is -0.590. The van der Waals surface area contributed by atoms with Crippen LogP contribution in [0.25, 0.3) is 0 Å². The quantitative estimate of drug-likeness (QED) is 0.333. The van der Waals surface area contributed by atoms with E-state index in [4.69, 9.17) is 9.47 Å². The number of hydrogen-bond acceptors (Lipinski definition) is 4. The van der Waals surface area contributed by atoms with Crippen molar-refractivity contribution in [2.45, 2.75) is 30.0 Å². The molecule has 0 aliphatic carbocycles. The minimum absolute atomic E-state index is 0.136. The molecule has 0 amide bonds. The molecule has 78 valence electrons. The summed E-state index contributed by atoms with van der Waals surface area (Å²) in [6, 6.07) is 0. The van der Waals surface area contributed by atoms with Gasteiger partial charge in [-0.1, -0.05) is 29.2 Å². The predicted octanol–water partition coefficient (Wildman–Crippen LogP) is 1.22. The lowest BCUT2D eigenvalue weighted by molar-refractivity contribution is -0.158. The highest BCUT2D eigenvalue weighted by Crippen LogP contribution is 2.26. The highest BCUT2D eigenvalue weighted by molar-refractivity contribution is 14.1. The lowest BCUT2D eigenvalue weighted by Crippen LogP contribution is -2.30. The molecular formula is C9H11IO4. The molecule has 1 fully saturated rings. The van der Waals surface area contributed by atoms with Gasteiger partial charge in [0, 0.05) is 5.57 Å². The minimum Gasteiger partial charge on any atom is -0.459 e. The van der Waals surface area contributed by atoms with Crippen molar-refractivity contribution in [1.82, 2.24) is 0 Å². The number of alkyl halides is 1.